The second kappa shape index (κ2) is 3.99. The Hall–Kier alpha value is -0.0551. The number of ether oxygens (including phenoxy) is 1. The minimum absolute atomic E-state index is 0.0182. The topological polar surface area (TPSA) is 49.7 Å². The summed E-state index contributed by atoms with van der Waals surface area (Å²) in [6.45, 7) is 3.95. The van der Waals surface area contributed by atoms with Gasteiger partial charge in [0.15, 0.2) is 0 Å². The number of aliphatic hydroxyl groups excluding tert-OH is 2. The lowest BCUT2D eigenvalue weighted by Gasteiger charge is -2.31. The summed E-state index contributed by atoms with van der Waals surface area (Å²) in [4.78, 5) is 0. The summed E-state index contributed by atoms with van der Waals surface area (Å²) in [6.07, 6.45) is 0.447. The highest BCUT2D eigenvalue weighted by Crippen LogP contribution is 2.41. The van der Waals surface area contributed by atoms with Crippen molar-refractivity contribution in [2.75, 3.05) is 13.2 Å². The van der Waals surface area contributed by atoms with Crippen LogP contribution in [0.25, 0.3) is 0 Å². The fourth-order valence-electron chi connectivity index (χ4n) is 1.99. The van der Waals surface area contributed by atoms with E-state index in [1.165, 1.54) is 0 Å². The lowest BCUT2D eigenvalue weighted by atomic mass is 9.76. The molecule has 1 aliphatic heterocycles. The highest BCUT2D eigenvalue weighted by molar-refractivity contribution is 6.11. The summed E-state index contributed by atoms with van der Waals surface area (Å²) in [6, 6.07) is -0.325. The van der Waals surface area contributed by atoms with Gasteiger partial charge >= 0.3 is 0 Å². The van der Waals surface area contributed by atoms with E-state index in [2.05, 4.69) is 0 Å². The molecule has 0 spiro atoms. The van der Waals surface area contributed by atoms with Gasteiger partial charge in [-0.25, -0.2) is 0 Å². The molecule has 0 aliphatic carbocycles. The molecule has 74 valence electrons. The van der Waals surface area contributed by atoms with Crippen LogP contribution in [0.1, 0.15) is 20.3 Å². The summed E-state index contributed by atoms with van der Waals surface area (Å²) in [5.74, 6) is 0.401. The van der Waals surface area contributed by atoms with Crippen LogP contribution in [-0.2, 0) is 4.74 Å². The van der Waals surface area contributed by atoms with Crippen LogP contribution in [0.3, 0.4) is 0 Å². The molecule has 1 saturated heterocycles. The number of aliphatic hydroxyl groups is 2. The van der Waals surface area contributed by atoms with Crippen molar-refractivity contribution < 1.29 is 14.9 Å². The molecule has 0 bridgehead atoms. The van der Waals surface area contributed by atoms with E-state index in [1.807, 2.05) is 13.8 Å². The van der Waals surface area contributed by atoms with Gasteiger partial charge in [0.2, 0.25) is 0 Å². The van der Waals surface area contributed by atoms with Crippen LogP contribution in [0.5, 0.6) is 0 Å². The van der Waals surface area contributed by atoms with Gasteiger partial charge in [-0.3, -0.25) is 0 Å². The summed E-state index contributed by atoms with van der Waals surface area (Å²) in [7, 11) is 5.74. The van der Waals surface area contributed by atoms with Gasteiger partial charge in [-0.15, -0.1) is 0 Å². The Labute approximate surface area is 80.5 Å². The second-order valence-corrected chi connectivity index (χ2v) is 3.93. The molecule has 4 atom stereocenters. The molecule has 2 radical (unpaired) electrons. The first kappa shape index (κ1) is 11.0. The molecular formula is C9H17BO3. The van der Waals surface area contributed by atoms with E-state index in [4.69, 9.17) is 17.7 Å². The van der Waals surface area contributed by atoms with Crippen LogP contribution < -0.4 is 0 Å². The zero-order valence-electron chi connectivity index (χ0n) is 8.23. The Bertz CT molecular complexity index is 176. The van der Waals surface area contributed by atoms with Crippen molar-refractivity contribution in [2.24, 2.45) is 11.8 Å². The van der Waals surface area contributed by atoms with Gasteiger partial charge in [0, 0.05) is 19.0 Å². The van der Waals surface area contributed by atoms with E-state index < -0.39 is 5.60 Å². The Kier molecular flexibility index (Phi) is 3.38. The van der Waals surface area contributed by atoms with E-state index in [9.17, 15) is 5.11 Å². The largest absolute Gasteiger partial charge is 0.396 e. The third kappa shape index (κ3) is 1.76. The van der Waals surface area contributed by atoms with E-state index in [1.54, 1.807) is 0 Å². The zero-order chi connectivity index (χ0) is 10.1. The molecular weight excluding hydrogens is 167 g/mol. The molecule has 1 heterocycles. The molecule has 13 heavy (non-hydrogen) atoms. The molecule has 1 unspecified atom stereocenters. The van der Waals surface area contributed by atoms with Crippen LogP contribution in [0.15, 0.2) is 0 Å². The molecule has 3 nitrogen and oxygen atoms in total. The van der Waals surface area contributed by atoms with Gasteiger partial charge in [-0.2, -0.15) is 0 Å². The van der Waals surface area contributed by atoms with Crippen LogP contribution in [-0.4, -0.2) is 42.9 Å². The zero-order valence-corrected chi connectivity index (χ0v) is 8.23. The smallest absolute Gasteiger partial charge is 0.109 e. The van der Waals surface area contributed by atoms with E-state index >= 15 is 0 Å². The SMILES string of the molecule is [B][C@@H]1O[C@@](CO)(CCO)C(C)[C@@H]1C. The Balaban J connectivity index is 2.76. The predicted molar refractivity (Wildman–Crippen MR) is 50.5 cm³/mol. The quantitative estimate of drug-likeness (QED) is 0.602. The monoisotopic (exact) mass is 184 g/mol. The average molecular weight is 184 g/mol. The standard InChI is InChI=1S/C9H17BO3/c1-6-7(2)9(5-12,3-4-11)13-8(6)10/h6-8,11-12H,3-5H2,1-2H3/t6-,7?,8+,9+/m0/s1. The molecule has 2 N–H and O–H groups in total. The van der Waals surface area contributed by atoms with E-state index in [0.29, 0.717) is 6.42 Å². The first-order valence-corrected chi connectivity index (χ1v) is 4.72. The van der Waals surface area contributed by atoms with Gasteiger partial charge in [-0.1, -0.05) is 13.8 Å². The minimum Gasteiger partial charge on any atom is -0.396 e. The Morgan fingerprint density at radius 1 is 1.38 bits per heavy atom. The molecule has 0 aromatic carbocycles. The molecule has 1 aliphatic rings. The van der Waals surface area contributed by atoms with Gasteiger partial charge in [0.25, 0.3) is 0 Å². The van der Waals surface area contributed by atoms with E-state index in [-0.39, 0.29) is 31.1 Å². The third-order valence-corrected chi connectivity index (χ3v) is 3.31. The number of hydrogen-bond donors (Lipinski definition) is 2. The van der Waals surface area contributed by atoms with Crippen LogP contribution in [0.4, 0.5) is 0 Å². The maximum absolute atomic E-state index is 9.26. The molecule has 1 fully saturated rings. The van der Waals surface area contributed by atoms with Gasteiger partial charge < -0.3 is 14.9 Å². The number of rotatable bonds is 3. The van der Waals surface area contributed by atoms with Crippen molar-refractivity contribution in [3.8, 4) is 0 Å². The van der Waals surface area contributed by atoms with Crippen molar-refractivity contribution in [2.45, 2.75) is 31.9 Å². The van der Waals surface area contributed by atoms with Crippen molar-refractivity contribution in [1.82, 2.24) is 0 Å². The third-order valence-electron chi connectivity index (χ3n) is 3.31. The van der Waals surface area contributed by atoms with E-state index in [0.717, 1.165) is 0 Å². The van der Waals surface area contributed by atoms with Crippen molar-refractivity contribution in [3.05, 3.63) is 0 Å². The van der Waals surface area contributed by atoms with Crippen molar-refractivity contribution in [3.63, 3.8) is 0 Å². The first-order chi connectivity index (χ1) is 6.07. The van der Waals surface area contributed by atoms with Crippen molar-refractivity contribution >= 4 is 7.85 Å². The fraction of sp³-hybridized carbons (Fsp3) is 1.00. The molecule has 0 aromatic rings. The maximum atomic E-state index is 9.26. The summed E-state index contributed by atoms with van der Waals surface area (Å²) in [5.41, 5.74) is -0.631. The van der Waals surface area contributed by atoms with Crippen LogP contribution in [0, 0.1) is 11.8 Å². The summed E-state index contributed by atoms with van der Waals surface area (Å²) >= 11 is 0. The first-order valence-electron chi connectivity index (χ1n) is 4.72. The Morgan fingerprint density at radius 3 is 2.31 bits per heavy atom. The number of hydrogen-bond acceptors (Lipinski definition) is 3. The lowest BCUT2D eigenvalue weighted by Crippen LogP contribution is -2.40. The molecule has 0 amide bonds. The maximum Gasteiger partial charge on any atom is 0.109 e. The highest BCUT2D eigenvalue weighted by Gasteiger charge is 2.47. The van der Waals surface area contributed by atoms with Gasteiger partial charge in [-0.05, 0) is 11.8 Å². The Morgan fingerprint density at radius 2 is 2.00 bits per heavy atom. The summed E-state index contributed by atoms with van der Waals surface area (Å²) in [5, 5.41) is 18.1. The molecule has 0 aromatic heterocycles. The molecule has 0 saturated carbocycles. The minimum atomic E-state index is -0.631. The average Bonchev–Trinajstić information content (AvgIpc) is 2.32. The predicted octanol–water partition coefficient (Wildman–Crippen LogP) is -0.103. The molecule has 1 rings (SSSR count). The van der Waals surface area contributed by atoms with Gasteiger partial charge in [0.05, 0.1) is 12.2 Å². The lowest BCUT2D eigenvalue weighted by molar-refractivity contribution is -0.0812. The van der Waals surface area contributed by atoms with Crippen molar-refractivity contribution in [1.29, 1.82) is 0 Å². The van der Waals surface area contributed by atoms with Crippen LogP contribution in [0.2, 0.25) is 0 Å². The van der Waals surface area contributed by atoms with Crippen LogP contribution >= 0.6 is 0 Å². The molecule has 4 heteroatoms. The fourth-order valence-corrected chi connectivity index (χ4v) is 1.99. The highest BCUT2D eigenvalue weighted by atomic mass is 16.5. The van der Waals surface area contributed by atoms with Gasteiger partial charge in [0.1, 0.15) is 7.85 Å². The summed E-state index contributed by atoms with van der Waals surface area (Å²) < 4.78 is 5.53. The second-order valence-electron chi connectivity index (χ2n) is 3.93. The normalized spacial score (nSPS) is 45.4.